The number of carbonyl (C=O) groups is 1. The number of aromatic carboxylic acids is 1. The van der Waals surface area contributed by atoms with E-state index in [9.17, 15) is 14.3 Å². The summed E-state index contributed by atoms with van der Waals surface area (Å²) >= 11 is 2.70. The maximum Gasteiger partial charge on any atom is 0.347 e. The second kappa shape index (κ2) is 5.54. The van der Waals surface area contributed by atoms with Gasteiger partial charge in [-0.2, -0.15) is 0 Å². The van der Waals surface area contributed by atoms with Crippen LogP contribution in [-0.4, -0.2) is 16.1 Å². The molecule has 1 N–H and O–H groups in total. The number of hydrogen-bond donors (Lipinski definition) is 1. The van der Waals surface area contributed by atoms with Gasteiger partial charge in [-0.05, 0) is 31.0 Å². The van der Waals surface area contributed by atoms with Gasteiger partial charge in [-0.3, -0.25) is 0 Å². The number of thioether (sulfide) groups is 1. The van der Waals surface area contributed by atoms with Gasteiger partial charge in [-0.1, -0.05) is 6.07 Å². The molecule has 1 aliphatic carbocycles. The lowest BCUT2D eigenvalue weighted by Gasteiger charge is -1.98. The molecule has 1 aromatic heterocycles. The number of hydrogen-bond acceptors (Lipinski definition) is 4. The quantitative estimate of drug-likeness (QED) is 0.843. The van der Waals surface area contributed by atoms with Gasteiger partial charge in [0.05, 0.1) is 11.4 Å². The molecule has 6 heteroatoms. The van der Waals surface area contributed by atoms with Gasteiger partial charge in [0.1, 0.15) is 15.7 Å². The number of carboxylic acid groups (broad SMARTS) is 1. The molecule has 0 amide bonds. The van der Waals surface area contributed by atoms with Crippen molar-refractivity contribution in [3.05, 3.63) is 45.7 Å². The van der Waals surface area contributed by atoms with E-state index in [-0.39, 0.29) is 5.82 Å². The minimum Gasteiger partial charge on any atom is -0.477 e. The summed E-state index contributed by atoms with van der Waals surface area (Å²) in [6, 6.07) is 6.37. The Balaban J connectivity index is 1.74. The number of carboxylic acids is 1. The van der Waals surface area contributed by atoms with Crippen LogP contribution in [0.3, 0.4) is 0 Å². The Morgan fingerprint density at radius 1 is 1.50 bits per heavy atom. The van der Waals surface area contributed by atoms with Crippen molar-refractivity contribution < 1.29 is 14.3 Å². The van der Waals surface area contributed by atoms with Crippen molar-refractivity contribution in [1.29, 1.82) is 0 Å². The third kappa shape index (κ3) is 3.02. The van der Waals surface area contributed by atoms with Crippen molar-refractivity contribution in [2.24, 2.45) is 0 Å². The molecule has 1 saturated carbocycles. The Morgan fingerprint density at radius 2 is 2.30 bits per heavy atom. The Bertz CT molecular complexity index is 652. The average Bonchev–Trinajstić information content (AvgIpc) is 3.16. The van der Waals surface area contributed by atoms with E-state index < -0.39 is 5.97 Å². The van der Waals surface area contributed by atoms with Gasteiger partial charge in [0.25, 0.3) is 0 Å². The van der Waals surface area contributed by atoms with E-state index >= 15 is 0 Å². The molecular formula is C14H12FNO2S2. The van der Waals surface area contributed by atoms with Gasteiger partial charge in [0.2, 0.25) is 0 Å². The lowest BCUT2D eigenvalue weighted by atomic mass is 10.2. The minimum atomic E-state index is -0.897. The van der Waals surface area contributed by atoms with Crippen molar-refractivity contribution in [3.8, 4) is 0 Å². The first kappa shape index (κ1) is 13.6. The van der Waals surface area contributed by atoms with Crippen LogP contribution < -0.4 is 0 Å². The minimum absolute atomic E-state index is 0.265. The zero-order valence-electron chi connectivity index (χ0n) is 10.5. The third-order valence-corrected chi connectivity index (χ3v) is 5.26. The van der Waals surface area contributed by atoms with Gasteiger partial charge in [0, 0.05) is 10.8 Å². The first-order valence-corrected chi connectivity index (χ1v) is 8.05. The standard InChI is InChI=1S/C14H12FNO2S2/c15-9-2-1-3-10(6-9)19-7-11-16-12(8-4-5-8)13(20-11)14(17)18/h1-3,6,8H,4-5,7H2,(H,17,18). The highest BCUT2D eigenvalue weighted by atomic mass is 32.2. The second-order valence-corrected chi connectivity index (χ2v) is 6.78. The number of thiazole rings is 1. The van der Waals surface area contributed by atoms with Crippen LogP contribution in [0.5, 0.6) is 0 Å². The highest BCUT2D eigenvalue weighted by molar-refractivity contribution is 7.98. The Kier molecular flexibility index (Phi) is 3.76. The van der Waals surface area contributed by atoms with Crippen LogP contribution in [0.4, 0.5) is 4.39 Å². The summed E-state index contributed by atoms with van der Waals surface area (Å²) in [6.07, 6.45) is 2.06. The van der Waals surface area contributed by atoms with Crippen LogP contribution >= 0.6 is 23.1 Å². The molecule has 2 aromatic rings. The summed E-state index contributed by atoms with van der Waals surface area (Å²) in [5.74, 6) is -0.267. The van der Waals surface area contributed by atoms with Crippen LogP contribution in [0.25, 0.3) is 0 Å². The zero-order chi connectivity index (χ0) is 14.1. The summed E-state index contributed by atoms with van der Waals surface area (Å²) in [4.78, 5) is 16.8. The molecule has 0 aliphatic heterocycles. The molecule has 1 heterocycles. The van der Waals surface area contributed by atoms with Crippen LogP contribution in [0.15, 0.2) is 29.2 Å². The van der Waals surface area contributed by atoms with E-state index in [1.54, 1.807) is 6.07 Å². The molecule has 1 aliphatic rings. The van der Waals surface area contributed by atoms with Gasteiger partial charge in [-0.15, -0.1) is 23.1 Å². The predicted molar refractivity (Wildman–Crippen MR) is 77.0 cm³/mol. The largest absolute Gasteiger partial charge is 0.477 e. The molecule has 0 atom stereocenters. The third-order valence-electron chi connectivity index (χ3n) is 3.01. The molecule has 3 rings (SSSR count). The molecule has 1 aromatic carbocycles. The molecule has 0 unspecified atom stereocenters. The normalized spacial score (nSPS) is 14.4. The molecule has 0 spiro atoms. The van der Waals surface area contributed by atoms with E-state index in [1.165, 1.54) is 35.2 Å². The number of halogens is 1. The smallest absolute Gasteiger partial charge is 0.347 e. The van der Waals surface area contributed by atoms with E-state index in [2.05, 4.69) is 4.98 Å². The molecule has 0 saturated heterocycles. The maximum atomic E-state index is 13.1. The number of rotatable bonds is 5. The summed E-state index contributed by atoms with van der Waals surface area (Å²) < 4.78 is 13.1. The monoisotopic (exact) mass is 309 g/mol. The van der Waals surface area contributed by atoms with Gasteiger partial charge in [-0.25, -0.2) is 14.2 Å². The Morgan fingerprint density at radius 3 is 2.95 bits per heavy atom. The summed E-state index contributed by atoms with van der Waals surface area (Å²) in [6.45, 7) is 0. The van der Waals surface area contributed by atoms with Crippen molar-refractivity contribution in [2.75, 3.05) is 0 Å². The topological polar surface area (TPSA) is 50.2 Å². The maximum absolute atomic E-state index is 13.1. The molecular weight excluding hydrogens is 297 g/mol. The van der Waals surface area contributed by atoms with Crippen molar-refractivity contribution >= 4 is 29.1 Å². The lowest BCUT2D eigenvalue weighted by Crippen LogP contribution is -1.97. The van der Waals surface area contributed by atoms with Crippen LogP contribution in [0.2, 0.25) is 0 Å². The fourth-order valence-electron chi connectivity index (χ4n) is 1.93. The van der Waals surface area contributed by atoms with Crippen LogP contribution in [0.1, 0.15) is 39.1 Å². The summed E-state index contributed by atoms with van der Waals surface area (Å²) in [5.41, 5.74) is 0.734. The molecule has 20 heavy (non-hydrogen) atoms. The number of benzene rings is 1. The SMILES string of the molecule is O=C(O)c1sc(CSc2cccc(F)c2)nc1C1CC1. The Labute approximate surface area is 123 Å². The fraction of sp³-hybridized carbons (Fsp3) is 0.286. The van der Waals surface area contributed by atoms with Gasteiger partial charge < -0.3 is 5.11 Å². The van der Waals surface area contributed by atoms with Crippen molar-refractivity contribution in [1.82, 2.24) is 4.98 Å². The zero-order valence-corrected chi connectivity index (χ0v) is 12.1. The lowest BCUT2D eigenvalue weighted by molar-refractivity contribution is 0.0700. The summed E-state index contributed by atoms with van der Waals surface area (Å²) in [7, 11) is 0. The van der Waals surface area contributed by atoms with Gasteiger partial charge in [0.15, 0.2) is 0 Å². The Hall–Kier alpha value is -1.40. The number of nitrogens with zero attached hydrogens (tertiary/aromatic N) is 1. The molecule has 3 nitrogen and oxygen atoms in total. The van der Waals surface area contributed by atoms with E-state index in [0.29, 0.717) is 16.5 Å². The van der Waals surface area contributed by atoms with Crippen molar-refractivity contribution in [2.45, 2.75) is 29.4 Å². The highest BCUT2D eigenvalue weighted by Gasteiger charge is 2.31. The van der Waals surface area contributed by atoms with E-state index in [4.69, 9.17) is 0 Å². The molecule has 104 valence electrons. The van der Waals surface area contributed by atoms with E-state index in [0.717, 1.165) is 28.4 Å². The second-order valence-electron chi connectivity index (χ2n) is 4.65. The van der Waals surface area contributed by atoms with Crippen molar-refractivity contribution in [3.63, 3.8) is 0 Å². The molecule has 0 radical (unpaired) electrons. The number of aromatic nitrogens is 1. The first-order valence-electron chi connectivity index (χ1n) is 6.25. The highest BCUT2D eigenvalue weighted by Crippen LogP contribution is 2.43. The first-order chi connectivity index (χ1) is 9.63. The fourth-order valence-corrected chi connectivity index (χ4v) is 3.85. The van der Waals surface area contributed by atoms with Crippen LogP contribution in [0, 0.1) is 5.82 Å². The van der Waals surface area contributed by atoms with Crippen LogP contribution in [-0.2, 0) is 5.75 Å². The average molecular weight is 309 g/mol. The van der Waals surface area contributed by atoms with Gasteiger partial charge >= 0.3 is 5.97 Å². The molecule has 0 bridgehead atoms. The predicted octanol–water partition coefficient (Wildman–Crippen LogP) is 4.15. The summed E-state index contributed by atoms with van der Waals surface area (Å²) in [5, 5.41) is 9.98. The van der Waals surface area contributed by atoms with E-state index in [1.807, 2.05) is 6.07 Å². The molecule has 1 fully saturated rings.